The van der Waals surface area contributed by atoms with Gasteiger partial charge >= 0.3 is 0 Å². The van der Waals surface area contributed by atoms with Crippen LogP contribution in [0.1, 0.15) is 0 Å². The van der Waals surface area contributed by atoms with Crippen LogP contribution in [0.3, 0.4) is 0 Å². The SMILES string of the molecule is C[S@@](=N)(=O)c1ccccc1Br. The maximum atomic E-state index is 11.2. The lowest BCUT2D eigenvalue weighted by Crippen LogP contribution is -1.94. The molecule has 0 aliphatic rings. The summed E-state index contributed by atoms with van der Waals surface area (Å²) in [5.41, 5.74) is 0. The van der Waals surface area contributed by atoms with E-state index >= 15 is 0 Å². The van der Waals surface area contributed by atoms with Crippen LogP contribution in [-0.2, 0) is 9.73 Å². The van der Waals surface area contributed by atoms with Crippen molar-refractivity contribution in [2.75, 3.05) is 6.26 Å². The molecule has 0 spiro atoms. The Kier molecular flexibility index (Phi) is 2.34. The van der Waals surface area contributed by atoms with Crippen molar-refractivity contribution in [2.45, 2.75) is 4.90 Å². The molecule has 0 unspecified atom stereocenters. The number of hydrogen-bond donors (Lipinski definition) is 1. The molecule has 60 valence electrons. The van der Waals surface area contributed by atoms with Gasteiger partial charge in [0.15, 0.2) is 0 Å². The lowest BCUT2D eigenvalue weighted by Gasteiger charge is -2.01. The molecule has 0 amide bonds. The predicted octanol–water partition coefficient (Wildman–Crippen LogP) is 2.48. The topological polar surface area (TPSA) is 40.9 Å². The monoisotopic (exact) mass is 233 g/mol. The van der Waals surface area contributed by atoms with Gasteiger partial charge in [0.05, 0.1) is 14.6 Å². The van der Waals surface area contributed by atoms with Crippen LogP contribution in [0, 0.1) is 4.78 Å². The van der Waals surface area contributed by atoms with E-state index < -0.39 is 9.73 Å². The van der Waals surface area contributed by atoms with E-state index in [1.165, 1.54) is 6.26 Å². The number of rotatable bonds is 1. The highest BCUT2D eigenvalue weighted by Crippen LogP contribution is 2.20. The summed E-state index contributed by atoms with van der Waals surface area (Å²) in [6.07, 6.45) is 1.41. The molecule has 1 aromatic rings. The summed E-state index contributed by atoms with van der Waals surface area (Å²) < 4.78 is 19.3. The first kappa shape index (κ1) is 8.74. The maximum Gasteiger partial charge on any atom is 0.0708 e. The summed E-state index contributed by atoms with van der Waals surface area (Å²) in [6.45, 7) is 0. The molecular formula is C7H8BrNOS. The third kappa shape index (κ3) is 2.04. The van der Waals surface area contributed by atoms with Gasteiger partial charge in [-0.25, -0.2) is 8.99 Å². The third-order valence-corrected chi connectivity index (χ3v) is 3.41. The fourth-order valence-corrected chi connectivity index (χ4v) is 2.75. The zero-order valence-corrected chi connectivity index (χ0v) is 8.41. The summed E-state index contributed by atoms with van der Waals surface area (Å²) in [5, 5.41) is 0. The summed E-state index contributed by atoms with van der Waals surface area (Å²) in [5.74, 6) is 0. The van der Waals surface area contributed by atoms with Gasteiger partial charge in [0, 0.05) is 10.7 Å². The molecule has 1 rings (SSSR count). The van der Waals surface area contributed by atoms with Gasteiger partial charge in [-0.1, -0.05) is 12.1 Å². The molecule has 1 aromatic carbocycles. The number of hydrogen-bond acceptors (Lipinski definition) is 2. The summed E-state index contributed by atoms with van der Waals surface area (Å²) in [4.78, 5) is 0.556. The molecule has 0 radical (unpaired) electrons. The van der Waals surface area contributed by atoms with E-state index in [0.29, 0.717) is 4.90 Å². The van der Waals surface area contributed by atoms with Crippen molar-refractivity contribution in [1.29, 1.82) is 4.78 Å². The molecule has 1 N–H and O–H groups in total. The van der Waals surface area contributed by atoms with Crippen molar-refractivity contribution < 1.29 is 4.21 Å². The second-order valence-electron chi connectivity index (χ2n) is 2.27. The van der Waals surface area contributed by atoms with Gasteiger partial charge in [-0.05, 0) is 28.1 Å². The molecule has 0 fully saturated rings. The molecule has 0 aromatic heterocycles. The number of halogens is 1. The second kappa shape index (κ2) is 2.95. The zero-order chi connectivity index (χ0) is 8.48. The first-order valence-corrected chi connectivity index (χ1v) is 5.76. The highest BCUT2D eigenvalue weighted by molar-refractivity contribution is 9.10. The average molecular weight is 234 g/mol. The Morgan fingerprint density at radius 3 is 2.36 bits per heavy atom. The first-order valence-electron chi connectivity index (χ1n) is 3.00. The smallest absolute Gasteiger partial charge is 0.0708 e. The lowest BCUT2D eigenvalue weighted by molar-refractivity contribution is 0.678. The average Bonchev–Trinajstić information content (AvgIpc) is 1.86. The first-order chi connectivity index (χ1) is 5.02. The van der Waals surface area contributed by atoms with Gasteiger partial charge < -0.3 is 0 Å². The minimum atomic E-state index is -2.58. The molecule has 4 heteroatoms. The van der Waals surface area contributed by atoms with Crippen LogP contribution in [0.25, 0.3) is 0 Å². The highest BCUT2D eigenvalue weighted by atomic mass is 79.9. The van der Waals surface area contributed by atoms with Crippen molar-refractivity contribution in [1.82, 2.24) is 0 Å². The highest BCUT2D eigenvalue weighted by Gasteiger charge is 2.05. The van der Waals surface area contributed by atoms with Crippen molar-refractivity contribution in [2.24, 2.45) is 0 Å². The van der Waals surface area contributed by atoms with Crippen LogP contribution in [0.15, 0.2) is 33.6 Å². The van der Waals surface area contributed by atoms with E-state index in [9.17, 15) is 4.21 Å². The van der Waals surface area contributed by atoms with E-state index in [1.54, 1.807) is 18.2 Å². The Bertz CT molecular complexity index is 358. The Hall–Kier alpha value is -0.350. The largest absolute Gasteiger partial charge is 0.249 e. The molecule has 0 saturated heterocycles. The molecular weight excluding hydrogens is 226 g/mol. The summed E-state index contributed by atoms with van der Waals surface area (Å²) in [6, 6.07) is 7.09. The Morgan fingerprint density at radius 2 is 2.00 bits per heavy atom. The molecule has 2 nitrogen and oxygen atoms in total. The van der Waals surface area contributed by atoms with Crippen LogP contribution in [0.2, 0.25) is 0 Å². The van der Waals surface area contributed by atoms with Crippen molar-refractivity contribution in [3.05, 3.63) is 28.7 Å². The number of benzene rings is 1. The van der Waals surface area contributed by atoms with Gasteiger partial charge in [-0.15, -0.1) is 0 Å². The van der Waals surface area contributed by atoms with Gasteiger partial charge in [-0.3, -0.25) is 0 Å². The summed E-state index contributed by atoms with van der Waals surface area (Å²) >= 11 is 3.23. The third-order valence-electron chi connectivity index (χ3n) is 1.26. The molecule has 1 atom stereocenters. The summed E-state index contributed by atoms with van der Waals surface area (Å²) in [7, 11) is -2.58. The Labute approximate surface area is 74.7 Å². The molecule has 11 heavy (non-hydrogen) atoms. The van der Waals surface area contributed by atoms with Crippen LogP contribution in [-0.4, -0.2) is 10.5 Å². The van der Waals surface area contributed by atoms with E-state index in [0.717, 1.165) is 4.47 Å². The van der Waals surface area contributed by atoms with Crippen LogP contribution >= 0.6 is 15.9 Å². The van der Waals surface area contributed by atoms with Gasteiger partial charge in [0.2, 0.25) is 0 Å². The molecule has 0 heterocycles. The van der Waals surface area contributed by atoms with Gasteiger partial charge in [0.1, 0.15) is 0 Å². The van der Waals surface area contributed by atoms with Crippen molar-refractivity contribution in [3.8, 4) is 0 Å². The van der Waals surface area contributed by atoms with Crippen LogP contribution in [0.4, 0.5) is 0 Å². The number of nitrogens with one attached hydrogen (secondary N) is 1. The fraction of sp³-hybridized carbons (Fsp3) is 0.143. The lowest BCUT2D eigenvalue weighted by atomic mass is 10.4. The minimum Gasteiger partial charge on any atom is -0.249 e. The molecule has 0 aliphatic carbocycles. The van der Waals surface area contributed by atoms with Crippen LogP contribution < -0.4 is 0 Å². The van der Waals surface area contributed by atoms with E-state index in [4.69, 9.17) is 4.78 Å². The fourth-order valence-electron chi connectivity index (χ4n) is 0.761. The zero-order valence-electron chi connectivity index (χ0n) is 6.00. The molecule has 0 saturated carbocycles. The molecule has 0 aliphatic heterocycles. The van der Waals surface area contributed by atoms with Crippen molar-refractivity contribution in [3.63, 3.8) is 0 Å². The van der Waals surface area contributed by atoms with E-state index in [-0.39, 0.29) is 0 Å². The van der Waals surface area contributed by atoms with Gasteiger partial charge in [0.25, 0.3) is 0 Å². The normalized spacial score (nSPS) is 15.8. The van der Waals surface area contributed by atoms with Crippen LogP contribution in [0.5, 0.6) is 0 Å². The molecule has 0 bridgehead atoms. The Balaban J connectivity index is 3.37. The van der Waals surface area contributed by atoms with Crippen molar-refractivity contribution >= 4 is 25.7 Å². The standard InChI is InChI=1S/C7H8BrNOS/c1-11(9,10)7-5-3-2-4-6(7)8/h2-5,9H,1H3/t11-/m1/s1. The predicted molar refractivity (Wildman–Crippen MR) is 49.2 cm³/mol. The Morgan fingerprint density at radius 1 is 1.45 bits per heavy atom. The van der Waals surface area contributed by atoms with E-state index in [1.807, 2.05) is 6.07 Å². The second-order valence-corrected chi connectivity index (χ2v) is 5.26. The quantitative estimate of drug-likeness (QED) is 0.796. The van der Waals surface area contributed by atoms with Gasteiger partial charge in [-0.2, -0.15) is 0 Å². The minimum absolute atomic E-state index is 0.556. The van der Waals surface area contributed by atoms with E-state index in [2.05, 4.69) is 15.9 Å². The maximum absolute atomic E-state index is 11.2.